The summed E-state index contributed by atoms with van der Waals surface area (Å²) in [5.41, 5.74) is 5.80. The van der Waals surface area contributed by atoms with E-state index >= 15 is 0 Å². The monoisotopic (exact) mass is 242 g/mol. The minimum Gasteiger partial charge on any atom is -0.465 e. The van der Waals surface area contributed by atoms with Gasteiger partial charge in [0.15, 0.2) is 0 Å². The van der Waals surface area contributed by atoms with Crippen molar-refractivity contribution in [3.05, 3.63) is 0 Å². The Labute approximate surface area is 104 Å². The van der Waals surface area contributed by atoms with Gasteiger partial charge in [0.05, 0.1) is 6.61 Å². The molecule has 0 aromatic carbocycles. The average molecular weight is 242 g/mol. The Bertz CT molecular complexity index is 227. The Kier molecular flexibility index (Phi) is 6.52. The number of carbonyl (C=O) groups is 1. The van der Waals surface area contributed by atoms with Crippen molar-refractivity contribution in [1.29, 1.82) is 0 Å². The lowest BCUT2D eigenvalue weighted by atomic mass is 10.1. The first-order valence-electron chi connectivity index (χ1n) is 6.85. The van der Waals surface area contributed by atoms with E-state index in [1.807, 2.05) is 6.92 Å². The van der Waals surface area contributed by atoms with Gasteiger partial charge in [0.2, 0.25) is 0 Å². The van der Waals surface area contributed by atoms with Gasteiger partial charge >= 0.3 is 5.97 Å². The summed E-state index contributed by atoms with van der Waals surface area (Å²) in [7, 11) is 0. The molecule has 4 heteroatoms. The van der Waals surface area contributed by atoms with Crippen molar-refractivity contribution in [2.24, 2.45) is 5.73 Å². The third-order valence-corrected chi connectivity index (χ3v) is 3.56. The molecule has 0 spiro atoms. The molecule has 1 aliphatic rings. The molecule has 0 aromatic heterocycles. The molecule has 0 aliphatic heterocycles. The second-order valence-electron chi connectivity index (χ2n) is 4.71. The molecule has 1 rings (SSSR count). The maximum Gasteiger partial charge on any atom is 0.322 e. The summed E-state index contributed by atoms with van der Waals surface area (Å²) in [4.78, 5) is 13.8. The van der Waals surface area contributed by atoms with Crippen LogP contribution in [0.3, 0.4) is 0 Å². The fraction of sp³-hybridized carbons (Fsp3) is 0.923. The molecular formula is C13H26N2O2. The molecule has 0 heterocycles. The van der Waals surface area contributed by atoms with Crippen molar-refractivity contribution in [1.82, 2.24) is 4.90 Å². The molecule has 0 bridgehead atoms. The van der Waals surface area contributed by atoms with Crippen LogP contribution in [0.15, 0.2) is 0 Å². The SMILES string of the molecule is CCOC(=O)C(N)CCN(CC)C1CCCC1. The molecule has 100 valence electrons. The molecule has 0 amide bonds. The minimum absolute atomic E-state index is 0.269. The second kappa shape index (κ2) is 7.67. The second-order valence-corrected chi connectivity index (χ2v) is 4.71. The lowest BCUT2D eigenvalue weighted by molar-refractivity contribution is -0.144. The highest BCUT2D eigenvalue weighted by Crippen LogP contribution is 2.23. The van der Waals surface area contributed by atoms with Gasteiger partial charge in [-0.15, -0.1) is 0 Å². The maximum atomic E-state index is 11.4. The van der Waals surface area contributed by atoms with Gasteiger partial charge in [0, 0.05) is 12.6 Å². The summed E-state index contributed by atoms with van der Waals surface area (Å²) in [5, 5.41) is 0. The molecule has 1 atom stereocenters. The third-order valence-electron chi connectivity index (χ3n) is 3.56. The highest BCUT2D eigenvalue weighted by atomic mass is 16.5. The number of nitrogens with two attached hydrogens (primary N) is 1. The van der Waals surface area contributed by atoms with Crippen LogP contribution in [0.1, 0.15) is 46.0 Å². The van der Waals surface area contributed by atoms with E-state index in [-0.39, 0.29) is 5.97 Å². The summed E-state index contributed by atoms with van der Waals surface area (Å²) in [6, 6.07) is 0.236. The Morgan fingerprint density at radius 3 is 2.59 bits per heavy atom. The summed E-state index contributed by atoms with van der Waals surface area (Å²) in [6.07, 6.45) is 5.96. The standard InChI is InChI=1S/C13H26N2O2/c1-3-15(11-7-5-6-8-11)10-9-12(14)13(16)17-4-2/h11-12H,3-10,14H2,1-2H3. The molecule has 4 nitrogen and oxygen atoms in total. The number of esters is 1. The zero-order valence-electron chi connectivity index (χ0n) is 11.2. The first-order chi connectivity index (χ1) is 8.19. The van der Waals surface area contributed by atoms with Crippen LogP contribution in [0.2, 0.25) is 0 Å². The van der Waals surface area contributed by atoms with Crippen molar-refractivity contribution >= 4 is 5.97 Å². The van der Waals surface area contributed by atoms with Crippen LogP contribution in [0.4, 0.5) is 0 Å². The molecule has 17 heavy (non-hydrogen) atoms. The van der Waals surface area contributed by atoms with E-state index < -0.39 is 6.04 Å². The molecular weight excluding hydrogens is 216 g/mol. The van der Waals surface area contributed by atoms with Crippen LogP contribution >= 0.6 is 0 Å². The first-order valence-corrected chi connectivity index (χ1v) is 6.85. The van der Waals surface area contributed by atoms with Crippen molar-refractivity contribution in [3.8, 4) is 0 Å². The topological polar surface area (TPSA) is 55.6 Å². The minimum atomic E-state index is -0.467. The van der Waals surface area contributed by atoms with Crippen LogP contribution in [-0.2, 0) is 9.53 Å². The van der Waals surface area contributed by atoms with Crippen LogP contribution in [0, 0.1) is 0 Å². The van der Waals surface area contributed by atoms with Gasteiger partial charge in [0.25, 0.3) is 0 Å². The lowest BCUT2D eigenvalue weighted by Gasteiger charge is -2.28. The van der Waals surface area contributed by atoms with E-state index in [2.05, 4.69) is 11.8 Å². The maximum absolute atomic E-state index is 11.4. The van der Waals surface area contributed by atoms with Crippen molar-refractivity contribution in [3.63, 3.8) is 0 Å². The Balaban J connectivity index is 2.28. The van der Waals surface area contributed by atoms with Crippen LogP contribution < -0.4 is 5.73 Å². The zero-order chi connectivity index (χ0) is 12.7. The van der Waals surface area contributed by atoms with Crippen molar-refractivity contribution in [2.45, 2.75) is 58.0 Å². The average Bonchev–Trinajstić information content (AvgIpc) is 2.83. The van der Waals surface area contributed by atoms with E-state index in [0.717, 1.165) is 13.1 Å². The molecule has 0 saturated heterocycles. The van der Waals surface area contributed by atoms with E-state index in [4.69, 9.17) is 10.5 Å². The van der Waals surface area contributed by atoms with Gasteiger partial charge in [-0.1, -0.05) is 19.8 Å². The predicted molar refractivity (Wildman–Crippen MR) is 68.7 cm³/mol. The first kappa shape index (κ1) is 14.5. The Hall–Kier alpha value is -0.610. The molecule has 1 unspecified atom stereocenters. The van der Waals surface area contributed by atoms with Crippen LogP contribution in [-0.4, -0.2) is 42.6 Å². The van der Waals surface area contributed by atoms with Gasteiger partial charge in [-0.2, -0.15) is 0 Å². The quantitative estimate of drug-likeness (QED) is 0.688. The highest BCUT2D eigenvalue weighted by Gasteiger charge is 2.23. The smallest absolute Gasteiger partial charge is 0.322 e. The third kappa shape index (κ3) is 4.64. The van der Waals surface area contributed by atoms with Crippen LogP contribution in [0.25, 0.3) is 0 Å². The highest BCUT2D eigenvalue weighted by molar-refractivity contribution is 5.75. The summed E-state index contributed by atoms with van der Waals surface area (Å²) in [5.74, 6) is -0.269. The zero-order valence-corrected chi connectivity index (χ0v) is 11.2. The number of ether oxygens (including phenoxy) is 1. The molecule has 1 aliphatic carbocycles. The fourth-order valence-corrected chi connectivity index (χ4v) is 2.54. The Morgan fingerprint density at radius 1 is 1.41 bits per heavy atom. The number of hydrogen-bond donors (Lipinski definition) is 1. The number of hydrogen-bond acceptors (Lipinski definition) is 4. The molecule has 1 fully saturated rings. The number of nitrogens with zero attached hydrogens (tertiary/aromatic N) is 1. The normalized spacial score (nSPS) is 18.6. The van der Waals surface area contributed by atoms with Gasteiger partial charge in [-0.05, 0) is 32.7 Å². The number of rotatable bonds is 7. The van der Waals surface area contributed by atoms with Crippen molar-refractivity contribution in [2.75, 3.05) is 19.7 Å². The van der Waals surface area contributed by atoms with Crippen LogP contribution in [0.5, 0.6) is 0 Å². The van der Waals surface area contributed by atoms with E-state index in [9.17, 15) is 4.79 Å². The molecule has 2 N–H and O–H groups in total. The fourth-order valence-electron chi connectivity index (χ4n) is 2.54. The van der Waals surface area contributed by atoms with E-state index in [1.165, 1.54) is 25.7 Å². The molecule has 0 aromatic rings. The lowest BCUT2D eigenvalue weighted by Crippen LogP contribution is -2.40. The summed E-state index contributed by atoms with van der Waals surface area (Å²) in [6.45, 7) is 6.34. The van der Waals surface area contributed by atoms with E-state index in [0.29, 0.717) is 19.1 Å². The van der Waals surface area contributed by atoms with Crippen molar-refractivity contribution < 1.29 is 9.53 Å². The molecule has 0 radical (unpaired) electrons. The largest absolute Gasteiger partial charge is 0.465 e. The molecule has 1 saturated carbocycles. The van der Waals surface area contributed by atoms with Gasteiger partial charge in [0.1, 0.15) is 6.04 Å². The number of carbonyl (C=O) groups excluding carboxylic acids is 1. The Morgan fingerprint density at radius 2 is 2.06 bits per heavy atom. The van der Waals surface area contributed by atoms with Gasteiger partial charge in [-0.3, -0.25) is 4.79 Å². The van der Waals surface area contributed by atoms with E-state index in [1.54, 1.807) is 0 Å². The van der Waals surface area contributed by atoms with Gasteiger partial charge < -0.3 is 15.4 Å². The summed E-state index contributed by atoms with van der Waals surface area (Å²) >= 11 is 0. The van der Waals surface area contributed by atoms with Gasteiger partial charge in [-0.25, -0.2) is 0 Å². The predicted octanol–water partition coefficient (Wildman–Crippen LogP) is 1.53. The summed E-state index contributed by atoms with van der Waals surface area (Å²) < 4.78 is 4.91.